The zero-order valence-corrected chi connectivity index (χ0v) is 10.5. The van der Waals surface area contributed by atoms with Crippen LogP contribution in [0.15, 0.2) is 11.6 Å². The zero-order chi connectivity index (χ0) is 11.2. The molecule has 0 spiro atoms. The fraction of sp³-hybridized carbons (Fsp3) is 0.857. The lowest BCUT2D eigenvalue weighted by molar-refractivity contribution is 0.00919. The van der Waals surface area contributed by atoms with E-state index in [1.807, 2.05) is 0 Å². The summed E-state index contributed by atoms with van der Waals surface area (Å²) in [5, 5.41) is 3.46. The van der Waals surface area contributed by atoms with Crippen LogP contribution in [0.4, 0.5) is 0 Å². The fourth-order valence-corrected chi connectivity index (χ4v) is 2.91. The van der Waals surface area contributed by atoms with Crippen LogP contribution in [0.2, 0.25) is 0 Å². The van der Waals surface area contributed by atoms with E-state index in [0.29, 0.717) is 12.1 Å². The Kier molecular flexibility index (Phi) is 4.86. The Morgan fingerprint density at radius 2 is 2.38 bits per heavy atom. The molecule has 1 aliphatic carbocycles. The van der Waals surface area contributed by atoms with Gasteiger partial charge in [0.05, 0.1) is 6.10 Å². The number of ether oxygens (including phenoxy) is 1. The quantitative estimate of drug-likeness (QED) is 0.723. The van der Waals surface area contributed by atoms with Gasteiger partial charge in [0.2, 0.25) is 0 Å². The summed E-state index contributed by atoms with van der Waals surface area (Å²) in [6.07, 6.45) is 13.3. The van der Waals surface area contributed by atoms with Crippen molar-refractivity contribution < 1.29 is 4.74 Å². The van der Waals surface area contributed by atoms with Crippen LogP contribution >= 0.6 is 0 Å². The molecule has 2 nitrogen and oxygen atoms in total. The molecule has 1 fully saturated rings. The molecule has 92 valence electrons. The van der Waals surface area contributed by atoms with Gasteiger partial charge in [0, 0.05) is 12.6 Å². The van der Waals surface area contributed by atoms with Gasteiger partial charge in [-0.15, -0.1) is 0 Å². The molecule has 0 radical (unpaired) electrons. The third-order valence-electron chi connectivity index (χ3n) is 3.92. The Balaban J connectivity index is 1.73. The lowest BCUT2D eigenvalue weighted by Crippen LogP contribution is -2.29. The van der Waals surface area contributed by atoms with E-state index in [4.69, 9.17) is 4.74 Å². The van der Waals surface area contributed by atoms with E-state index >= 15 is 0 Å². The predicted molar refractivity (Wildman–Crippen MR) is 67.6 cm³/mol. The molecular weight excluding hydrogens is 198 g/mol. The second-order valence-electron chi connectivity index (χ2n) is 5.08. The van der Waals surface area contributed by atoms with E-state index in [1.54, 1.807) is 5.57 Å². The first kappa shape index (κ1) is 12.1. The number of hydrogen-bond donors (Lipinski definition) is 1. The van der Waals surface area contributed by atoms with Crippen LogP contribution in [-0.2, 0) is 4.74 Å². The molecule has 1 aliphatic heterocycles. The van der Waals surface area contributed by atoms with Crippen molar-refractivity contribution in [1.29, 1.82) is 0 Å². The number of nitrogens with one attached hydrogen (secondary N) is 1. The van der Waals surface area contributed by atoms with Gasteiger partial charge in [-0.2, -0.15) is 0 Å². The molecule has 1 saturated heterocycles. The summed E-state index contributed by atoms with van der Waals surface area (Å²) < 4.78 is 5.79. The molecule has 0 amide bonds. The summed E-state index contributed by atoms with van der Waals surface area (Å²) in [7, 11) is 2.09. The average molecular weight is 223 g/mol. The minimum absolute atomic E-state index is 0.534. The third kappa shape index (κ3) is 3.33. The van der Waals surface area contributed by atoms with E-state index < -0.39 is 0 Å². The maximum absolute atomic E-state index is 5.79. The summed E-state index contributed by atoms with van der Waals surface area (Å²) in [4.78, 5) is 0. The Hall–Kier alpha value is -0.340. The second kappa shape index (κ2) is 6.41. The highest BCUT2D eigenvalue weighted by Crippen LogP contribution is 2.25. The van der Waals surface area contributed by atoms with Crippen LogP contribution in [0.3, 0.4) is 0 Å². The van der Waals surface area contributed by atoms with Crippen molar-refractivity contribution in [2.45, 2.75) is 63.5 Å². The van der Waals surface area contributed by atoms with Gasteiger partial charge in [-0.1, -0.05) is 11.6 Å². The second-order valence-corrected chi connectivity index (χ2v) is 5.08. The first-order valence-corrected chi connectivity index (χ1v) is 6.88. The molecule has 2 rings (SSSR count). The van der Waals surface area contributed by atoms with Gasteiger partial charge >= 0.3 is 0 Å². The predicted octanol–water partition coefficient (Wildman–Crippen LogP) is 3.03. The van der Waals surface area contributed by atoms with Crippen LogP contribution in [-0.4, -0.2) is 25.8 Å². The summed E-state index contributed by atoms with van der Waals surface area (Å²) in [5.41, 5.74) is 1.64. The van der Waals surface area contributed by atoms with Gasteiger partial charge < -0.3 is 10.1 Å². The van der Waals surface area contributed by atoms with Crippen LogP contribution in [0, 0.1) is 0 Å². The number of allylic oxidation sites excluding steroid dienone is 1. The van der Waals surface area contributed by atoms with E-state index in [1.165, 1.54) is 51.4 Å². The van der Waals surface area contributed by atoms with Crippen LogP contribution in [0.1, 0.15) is 51.4 Å². The largest absolute Gasteiger partial charge is 0.378 e. The average Bonchev–Trinajstić information content (AvgIpc) is 2.85. The van der Waals surface area contributed by atoms with E-state index in [2.05, 4.69) is 18.4 Å². The summed E-state index contributed by atoms with van der Waals surface area (Å²) >= 11 is 0. The first-order chi connectivity index (χ1) is 7.90. The summed E-state index contributed by atoms with van der Waals surface area (Å²) in [5.74, 6) is 0. The molecule has 1 heterocycles. The lowest BCUT2D eigenvalue weighted by atomic mass is 9.97. The highest BCUT2D eigenvalue weighted by molar-refractivity contribution is 5.14. The molecule has 0 aromatic rings. The van der Waals surface area contributed by atoms with Crippen molar-refractivity contribution >= 4 is 0 Å². The standard InChI is InChI=1S/C14H25NO/c1-15-14(12-6-2-3-7-12)10-9-13-8-4-5-11-16-13/h6,13-15H,2-5,7-11H2,1H3. The maximum atomic E-state index is 5.79. The molecule has 2 unspecified atom stereocenters. The third-order valence-corrected chi connectivity index (χ3v) is 3.92. The molecule has 2 atom stereocenters. The van der Waals surface area contributed by atoms with Gasteiger partial charge in [0.15, 0.2) is 0 Å². The maximum Gasteiger partial charge on any atom is 0.0575 e. The van der Waals surface area contributed by atoms with Gasteiger partial charge in [0.1, 0.15) is 0 Å². The molecule has 0 saturated carbocycles. The smallest absolute Gasteiger partial charge is 0.0575 e. The molecule has 0 aromatic carbocycles. The lowest BCUT2D eigenvalue weighted by Gasteiger charge is -2.25. The number of hydrogen-bond acceptors (Lipinski definition) is 2. The van der Waals surface area contributed by atoms with Crippen molar-refractivity contribution in [1.82, 2.24) is 5.32 Å². The minimum Gasteiger partial charge on any atom is -0.378 e. The Morgan fingerprint density at radius 1 is 1.44 bits per heavy atom. The molecule has 2 aliphatic rings. The van der Waals surface area contributed by atoms with E-state index in [0.717, 1.165) is 6.61 Å². The van der Waals surface area contributed by atoms with E-state index in [-0.39, 0.29) is 0 Å². The monoisotopic (exact) mass is 223 g/mol. The van der Waals surface area contributed by atoms with Crippen LogP contribution in [0.5, 0.6) is 0 Å². The van der Waals surface area contributed by atoms with Gasteiger partial charge in [0.25, 0.3) is 0 Å². The highest BCUT2D eigenvalue weighted by atomic mass is 16.5. The minimum atomic E-state index is 0.534. The summed E-state index contributed by atoms with van der Waals surface area (Å²) in [6, 6.07) is 0.605. The molecule has 1 N–H and O–H groups in total. The van der Waals surface area contributed by atoms with Crippen molar-refractivity contribution in [2.24, 2.45) is 0 Å². The molecular formula is C14H25NO. The SMILES string of the molecule is CNC(CCC1CCCCO1)C1=CCCC1. The Morgan fingerprint density at radius 3 is 3.00 bits per heavy atom. The number of rotatable bonds is 5. The topological polar surface area (TPSA) is 21.3 Å². The van der Waals surface area contributed by atoms with Crippen molar-refractivity contribution in [2.75, 3.05) is 13.7 Å². The van der Waals surface area contributed by atoms with Crippen LogP contribution in [0.25, 0.3) is 0 Å². The molecule has 0 aromatic heterocycles. The van der Waals surface area contributed by atoms with Crippen molar-refractivity contribution in [3.63, 3.8) is 0 Å². The van der Waals surface area contributed by atoms with Gasteiger partial charge in [-0.05, 0) is 58.4 Å². The fourth-order valence-electron chi connectivity index (χ4n) is 2.91. The number of likely N-dealkylation sites (N-methyl/N-ethyl adjacent to an activating group) is 1. The Labute approximate surface area is 99.4 Å². The molecule has 16 heavy (non-hydrogen) atoms. The van der Waals surface area contributed by atoms with Gasteiger partial charge in [-0.3, -0.25) is 0 Å². The summed E-state index contributed by atoms with van der Waals surface area (Å²) in [6.45, 7) is 0.984. The highest BCUT2D eigenvalue weighted by Gasteiger charge is 2.19. The zero-order valence-electron chi connectivity index (χ0n) is 10.5. The Bertz CT molecular complexity index is 231. The first-order valence-electron chi connectivity index (χ1n) is 6.88. The van der Waals surface area contributed by atoms with Gasteiger partial charge in [-0.25, -0.2) is 0 Å². The molecule has 2 heteroatoms. The van der Waals surface area contributed by atoms with Crippen molar-refractivity contribution in [3.05, 3.63) is 11.6 Å². The van der Waals surface area contributed by atoms with Crippen LogP contribution < -0.4 is 5.32 Å². The molecule has 0 bridgehead atoms. The normalized spacial score (nSPS) is 27.8. The van der Waals surface area contributed by atoms with E-state index in [9.17, 15) is 0 Å². The van der Waals surface area contributed by atoms with Crippen molar-refractivity contribution in [3.8, 4) is 0 Å².